The van der Waals surface area contributed by atoms with Gasteiger partial charge in [-0.05, 0) is 17.5 Å². The lowest BCUT2D eigenvalue weighted by Crippen LogP contribution is -2.21. The summed E-state index contributed by atoms with van der Waals surface area (Å²) in [6.45, 7) is 0. The molecule has 0 aliphatic carbocycles. The summed E-state index contributed by atoms with van der Waals surface area (Å²) >= 11 is 0. The summed E-state index contributed by atoms with van der Waals surface area (Å²) in [5.41, 5.74) is 1.80. The number of benzene rings is 1. The van der Waals surface area contributed by atoms with E-state index in [1.165, 1.54) is 12.2 Å². The van der Waals surface area contributed by atoms with Crippen molar-refractivity contribution in [2.75, 3.05) is 0 Å². The number of para-hydroxylation sites is 1. The molecule has 1 fully saturated rings. The fourth-order valence-electron chi connectivity index (χ4n) is 2.44. The van der Waals surface area contributed by atoms with Crippen LogP contribution in [0.25, 0.3) is 10.9 Å². The van der Waals surface area contributed by atoms with E-state index >= 15 is 0 Å². The molecule has 7 nitrogen and oxygen atoms in total. The first kappa shape index (κ1) is 14.7. The van der Waals surface area contributed by atoms with Crippen molar-refractivity contribution in [1.82, 2.24) is 15.6 Å². The van der Waals surface area contributed by atoms with Gasteiger partial charge >= 0.3 is 0 Å². The van der Waals surface area contributed by atoms with E-state index in [1.54, 1.807) is 0 Å². The van der Waals surface area contributed by atoms with E-state index in [-0.39, 0.29) is 36.0 Å². The Morgan fingerprint density at radius 3 is 2.13 bits per heavy atom. The molecule has 2 aliphatic heterocycles. The maximum Gasteiger partial charge on any atom is 0.250 e. The zero-order valence-corrected chi connectivity index (χ0v) is 12.0. The van der Waals surface area contributed by atoms with Crippen molar-refractivity contribution in [2.24, 2.45) is 0 Å². The average Bonchev–Trinajstić information content (AvgIpc) is 3.18. The van der Waals surface area contributed by atoms with E-state index in [4.69, 9.17) is 0 Å². The molecule has 1 aromatic heterocycles. The second-order valence-corrected chi connectivity index (χ2v) is 5.17. The van der Waals surface area contributed by atoms with E-state index in [1.807, 2.05) is 35.6 Å². The van der Waals surface area contributed by atoms with Gasteiger partial charge in [-0.15, -0.1) is 0 Å². The maximum atomic E-state index is 11.5. The second kappa shape index (κ2) is 5.88. The minimum absolute atomic E-state index is 0.200. The number of aromatic amines is 1. The van der Waals surface area contributed by atoms with Gasteiger partial charge in [0.15, 0.2) is 0 Å². The number of imide groups is 2. The molecule has 3 heterocycles. The first-order valence-corrected chi connectivity index (χ1v) is 6.97. The summed E-state index contributed by atoms with van der Waals surface area (Å²) in [7, 11) is 0. The van der Waals surface area contributed by atoms with E-state index in [9.17, 15) is 19.2 Å². The van der Waals surface area contributed by atoms with Crippen molar-refractivity contribution in [2.45, 2.75) is 12.3 Å². The largest absolute Gasteiger partial charge is 0.358 e. The Labute approximate surface area is 130 Å². The third kappa shape index (κ3) is 3.18. The van der Waals surface area contributed by atoms with Crippen molar-refractivity contribution in [3.05, 3.63) is 48.2 Å². The third-order valence-electron chi connectivity index (χ3n) is 3.53. The second-order valence-electron chi connectivity index (χ2n) is 5.17. The minimum Gasteiger partial charge on any atom is -0.358 e. The van der Waals surface area contributed by atoms with Gasteiger partial charge in [0.1, 0.15) is 0 Å². The van der Waals surface area contributed by atoms with Crippen LogP contribution in [0, 0.1) is 0 Å². The van der Waals surface area contributed by atoms with Gasteiger partial charge in [-0.25, -0.2) is 0 Å². The highest BCUT2D eigenvalue weighted by atomic mass is 16.2. The SMILES string of the molecule is O=C1C=CC(=O)N1.O=C1CC(c2cc3ccccc3[nH]2)C(=O)N1. The third-order valence-corrected chi connectivity index (χ3v) is 3.53. The number of H-pyrrole nitrogens is 1. The van der Waals surface area contributed by atoms with Crippen molar-refractivity contribution in [3.8, 4) is 0 Å². The lowest BCUT2D eigenvalue weighted by molar-refractivity contribution is -0.126. The molecule has 0 spiro atoms. The number of hydrogen-bond acceptors (Lipinski definition) is 4. The summed E-state index contributed by atoms with van der Waals surface area (Å²) in [6.07, 6.45) is 2.64. The van der Waals surface area contributed by atoms with Crippen LogP contribution in [-0.2, 0) is 19.2 Å². The van der Waals surface area contributed by atoms with Gasteiger partial charge in [-0.1, -0.05) is 18.2 Å². The van der Waals surface area contributed by atoms with Gasteiger partial charge in [0.05, 0.1) is 5.92 Å². The normalized spacial score (nSPS) is 19.6. The predicted octanol–water partition coefficient (Wildman–Crippen LogP) is 0.497. The van der Waals surface area contributed by atoms with Crippen LogP contribution in [-0.4, -0.2) is 28.6 Å². The van der Waals surface area contributed by atoms with Crippen LogP contribution in [0.15, 0.2) is 42.5 Å². The maximum absolute atomic E-state index is 11.5. The first-order valence-electron chi connectivity index (χ1n) is 6.97. The Balaban J connectivity index is 0.000000188. The Kier molecular flexibility index (Phi) is 3.76. The molecular weight excluding hydrogens is 298 g/mol. The van der Waals surface area contributed by atoms with Gasteiger partial charge in [-0.3, -0.25) is 29.8 Å². The fraction of sp³-hybridized carbons (Fsp3) is 0.125. The molecule has 1 saturated heterocycles. The summed E-state index contributed by atoms with van der Waals surface area (Å²) in [4.78, 5) is 45.9. The highest BCUT2D eigenvalue weighted by Gasteiger charge is 2.32. The van der Waals surface area contributed by atoms with Gasteiger partial charge in [0.25, 0.3) is 11.8 Å². The standard InChI is InChI=1S/C12H10N2O2.C4H3NO2/c15-11-6-8(12(16)14-11)10-5-7-3-1-2-4-9(7)13-10;6-3-1-2-4(7)5-3/h1-5,8,13H,6H2,(H,14,15,16);1-2H,(H,5,6,7). The van der Waals surface area contributed by atoms with Gasteiger partial charge in [0.2, 0.25) is 11.8 Å². The van der Waals surface area contributed by atoms with Crippen molar-refractivity contribution in [3.63, 3.8) is 0 Å². The molecule has 0 saturated carbocycles. The Bertz CT molecular complexity index is 801. The predicted molar refractivity (Wildman–Crippen MR) is 81.1 cm³/mol. The molecule has 4 rings (SSSR count). The zero-order valence-electron chi connectivity index (χ0n) is 12.0. The quantitative estimate of drug-likeness (QED) is 0.666. The molecule has 3 N–H and O–H groups in total. The molecule has 2 aliphatic rings. The number of fused-ring (bicyclic) bond motifs is 1. The smallest absolute Gasteiger partial charge is 0.250 e. The Hall–Kier alpha value is -3.22. The van der Waals surface area contributed by atoms with Crippen LogP contribution in [0.4, 0.5) is 0 Å². The molecule has 1 aromatic carbocycles. The molecule has 1 unspecified atom stereocenters. The Morgan fingerprint density at radius 2 is 1.61 bits per heavy atom. The number of amides is 4. The molecule has 116 valence electrons. The lowest BCUT2D eigenvalue weighted by atomic mass is 10.0. The monoisotopic (exact) mass is 311 g/mol. The summed E-state index contributed by atoms with van der Waals surface area (Å²) in [5.74, 6) is -1.43. The summed E-state index contributed by atoms with van der Waals surface area (Å²) < 4.78 is 0. The molecule has 23 heavy (non-hydrogen) atoms. The molecule has 7 heteroatoms. The van der Waals surface area contributed by atoms with Crippen molar-refractivity contribution in [1.29, 1.82) is 0 Å². The molecular formula is C16H13N3O4. The summed E-state index contributed by atoms with van der Waals surface area (Å²) in [6, 6.07) is 9.73. The number of carbonyl (C=O) groups is 4. The van der Waals surface area contributed by atoms with Crippen LogP contribution in [0.3, 0.4) is 0 Å². The lowest BCUT2D eigenvalue weighted by Gasteiger charge is -2.00. The van der Waals surface area contributed by atoms with Crippen LogP contribution in [0.1, 0.15) is 18.0 Å². The minimum atomic E-state index is -0.361. The van der Waals surface area contributed by atoms with E-state index < -0.39 is 0 Å². The number of aromatic nitrogens is 1. The molecule has 0 bridgehead atoms. The van der Waals surface area contributed by atoms with Gasteiger partial charge in [0, 0.05) is 29.8 Å². The van der Waals surface area contributed by atoms with Crippen LogP contribution >= 0.6 is 0 Å². The summed E-state index contributed by atoms with van der Waals surface area (Å²) in [5, 5.41) is 5.40. The van der Waals surface area contributed by atoms with Crippen molar-refractivity contribution < 1.29 is 19.2 Å². The molecule has 0 radical (unpaired) electrons. The van der Waals surface area contributed by atoms with Gasteiger partial charge in [-0.2, -0.15) is 0 Å². The number of rotatable bonds is 1. The van der Waals surface area contributed by atoms with E-state index in [2.05, 4.69) is 10.3 Å². The molecule has 2 aromatic rings. The number of nitrogens with one attached hydrogen (secondary N) is 3. The fourth-order valence-corrected chi connectivity index (χ4v) is 2.44. The molecule has 1 atom stereocenters. The van der Waals surface area contributed by atoms with Crippen LogP contribution in [0.5, 0.6) is 0 Å². The van der Waals surface area contributed by atoms with E-state index in [0.29, 0.717) is 0 Å². The number of carbonyl (C=O) groups excluding carboxylic acids is 4. The Morgan fingerprint density at radius 1 is 0.913 bits per heavy atom. The van der Waals surface area contributed by atoms with Gasteiger partial charge < -0.3 is 4.98 Å². The van der Waals surface area contributed by atoms with Crippen molar-refractivity contribution >= 4 is 34.5 Å². The highest BCUT2D eigenvalue weighted by molar-refractivity contribution is 6.12. The zero-order chi connectivity index (χ0) is 16.4. The first-order chi connectivity index (χ1) is 11.0. The average molecular weight is 311 g/mol. The molecule has 4 amide bonds. The highest BCUT2D eigenvalue weighted by Crippen LogP contribution is 2.26. The number of hydrogen-bond donors (Lipinski definition) is 3. The van der Waals surface area contributed by atoms with Crippen LogP contribution < -0.4 is 10.6 Å². The van der Waals surface area contributed by atoms with Crippen LogP contribution in [0.2, 0.25) is 0 Å². The topological polar surface area (TPSA) is 108 Å². The van der Waals surface area contributed by atoms with E-state index in [0.717, 1.165) is 16.6 Å².